The lowest BCUT2D eigenvalue weighted by atomic mass is 10.1. The maximum Gasteiger partial charge on any atom is 0.121 e. The van der Waals surface area contributed by atoms with Gasteiger partial charge in [-0.05, 0) is 30.0 Å². The molecule has 0 aliphatic heterocycles. The van der Waals surface area contributed by atoms with Crippen LogP contribution in [0, 0.1) is 5.92 Å². The fourth-order valence-electron chi connectivity index (χ4n) is 2.35. The molecule has 0 spiro atoms. The van der Waals surface area contributed by atoms with Crippen molar-refractivity contribution in [2.75, 3.05) is 12.3 Å². The minimum atomic E-state index is 0.647. The lowest BCUT2D eigenvalue weighted by molar-refractivity contribution is 0.297. The van der Waals surface area contributed by atoms with Gasteiger partial charge in [0.15, 0.2) is 0 Å². The van der Waals surface area contributed by atoms with E-state index >= 15 is 0 Å². The van der Waals surface area contributed by atoms with Crippen molar-refractivity contribution in [1.82, 2.24) is 0 Å². The number of benzene rings is 2. The average molecular weight is 239 g/mol. The van der Waals surface area contributed by atoms with Gasteiger partial charge in [0.1, 0.15) is 5.75 Å². The van der Waals surface area contributed by atoms with Gasteiger partial charge in [0, 0.05) is 17.7 Å². The maximum absolute atomic E-state index is 5.78. The molecule has 1 fully saturated rings. The number of hydrogen-bond donors (Lipinski definition) is 1. The molecule has 0 bridgehead atoms. The molecule has 2 aromatic rings. The first-order valence-corrected chi connectivity index (χ1v) is 6.36. The van der Waals surface area contributed by atoms with Gasteiger partial charge in [-0.2, -0.15) is 0 Å². The Hall–Kier alpha value is -1.96. The molecule has 1 aliphatic carbocycles. The van der Waals surface area contributed by atoms with Gasteiger partial charge in [-0.25, -0.2) is 0 Å². The predicted molar refractivity (Wildman–Crippen MR) is 73.6 cm³/mol. The first kappa shape index (κ1) is 11.1. The standard InChI is InChI=1S/C16H17NO/c17-14-7-4-8-15(10-14)18-11-13-9-16(13)12-5-2-1-3-6-12/h1-8,10,13,16H,9,11,17H2/t13-,16-/m1/s1. The molecule has 0 amide bonds. The molecular weight excluding hydrogens is 222 g/mol. The van der Waals surface area contributed by atoms with E-state index in [0.717, 1.165) is 18.0 Å². The van der Waals surface area contributed by atoms with E-state index in [1.807, 2.05) is 24.3 Å². The van der Waals surface area contributed by atoms with E-state index in [1.54, 1.807) is 0 Å². The summed E-state index contributed by atoms with van der Waals surface area (Å²) in [6.45, 7) is 0.781. The van der Waals surface area contributed by atoms with Crippen molar-refractivity contribution < 1.29 is 4.74 Å². The molecule has 0 saturated heterocycles. The smallest absolute Gasteiger partial charge is 0.121 e. The first-order valence-electron chi connectivity index (χ1n) is 6.36. The highest BCUT2D eigenvalue weighted by Gasteiger charge is 2.38. The van der Waals surface area contributed by atoms with E-state index in [9.17, 15) is 0 Å². The number of anilines is 1. The fourth-order valence-corrected chi connectivity index (χ4v) is 2.35. The van der Waals surface area contributed by atoms with Crippen molar-refractivity contribution in [2.45, 2.75) is 12.3 Å². The van der Waals surface area contributed by atoms with Crippen molar-refractivity contribution in [3.63, 3.8) is 0 Å². The van der Waals surface area contributed by atoms with E-state index < -0.39 is 0 Å². The topological polar surface area (TPSA) is 35.2 Å². The zero-order chi connectivity index (χ0) is 12.4. The third kappa shape index (κ3) is 2.48. The number of rotatable bonds is 4. The molecule has 18 heavy (non-hydrogen) atoms. The molecule has 92 valence electrons. The summed E-state index contributed by atoms with van der Waals surface area (Å²) in [6, 6.07) is 18.3. The Morgan fingerprint density at radius 2 is 1.89 bits per heavy atom. The summed E-state index contributed by atoms with van der Waals surface area (Å²) in [5.74, 6) is 2.19. The van der Waals surface area contributed by atoms with Crippen molar-refractivity contribution in [3.8, 4) is 5.75 Å². The van der Waals surface area contributed by atoms with Crippen LogP contribution in [0.25, 0.3) is 0 Å². The Morgan fingerprint density at radius 3 is 2.67 bits per heavy atom. The third-order valence-electron chi connectivity index (χ3n) is 3.47. The average Bonchev–Trinajstić information content (AvgIpc) is 3.17. The molecule has 2 atom stereocenters. The summed E-state index contributed by atoms with van der Waals surface area (Å²) in [5.41, 5.74) is 7.90. The first-order chi connectivity index (χ1) is 8.83. The molecule has 0 unspecified atom stereocenters. The summed E-state index contributed by atoms with van der Waals surface area (Å²) in [5, 5.41) is 0. The summed E-state index contributed by atoms with van der Waals surface area (Å²) in [7, 11) is 0. The minimum absolute atomic E-state index is 0.647. The van der Waals surface area contributed by atoms with E-state index in [0.29, 0.717) is 11.8 Å². The normalized spacial score (nSPS) is 21.6. The van der Waals surface area contributed by atoms with Crippen LogP contribution in [0.2, 0.25) is 0 Å². The van der Waals surface area contributed by atoms with Crippen molar-refractivity contribution in [3.05, 3.63) is 60.2 Å². The third-order valence-corrected chi connectivity index (χ3v) is 3.47. The summed E-state index contributed by atoms with van der Waals surface area (Å²) in [6.07, 6.45) is 1.23. The Labute approximate surface area is 107 Å². The van der Waals surface area contributed by atoms with Crippen LogP contribution in [0.4, 0.5) is 5.69 Å². The molecule has 1 aliphatic rings. The Kier molecular flexibility index (Phi) is 2.93. The van der Waals surface area contributed by atoms with Crippen LogP contribution in [-0.4, -0.2) is 6.61 Å². The monoisotopic (exact) mass is 239 g/mol. The highest BCUT2D eigenvalue weighted by molar-refractivity contribution is 5.43. The summed E-state index contributed by atoms with van der Waals surface area (Å²) < 4.78 is 5.78. The molecule has 0 aromatic heterocycles. The van der Waals surface area contributed by atoms with E-state index in [4.69, 9.17) is 10.5 Å². The molecule has 2 aromatic carbocycles. The van der Waals surface area contributed by atoms with Gasteiger partial charge in [-0.15, -0.1) is 0 Å². The molecule has 0 radical (unpaired) electrons. The van der Waals surface area contributed by atoms with Crippen molar-refractivity contribution in [1.29, 1.82) is 0 Å². The van der Waals surface area contributed by atoms with Crippen LogP contribution in [0.1, 0.15) is 17.9 Å². The number of nitrogens with two attached hydrogens (primary N) is 1. The molecular formula is C16H17NO. The second kappa shape index (κ2) is 4.73. The van der Waals surface area contributed by atoms with Gasteiger partial charge in [0.25, 0.3) is 0 Å². The van der Waals surface area contributed by atoms with E-state index in [2.05, 4.69) is 30.3 Å². The lowest BCUT2D eigenvalue weighted by Gasteiger charge is -2.06. The van der Waals surface area contributed by atoms with Crippen LogP contribution in [0.15, 0.2) is 54.6 Å². The highest BCUT2D eigenvalue weighted by atomic mass is 16.5. The molecule has 2 N–H and O–H groups in total. The number of hydrogen-bond acceptors (Lipinski definition) is 2. The van der Waals surface area contributed by atoms with Crippen LogP contribution in [-0.2, 0) is 0 Å². The van der Waals surface area contributed by atoms with Crippen LogP contribution < -0.4 is 10.5 Å². The second-order valence-corrected chi connectivity index (χ2v) is 4.90. The maximum atomic E-state index is 5.78. The zero-order valence-corrected chi connectivity index (χ0v) is 10.3. The Bertz CT molecular complexity index is 524. The Balaban J connectivity index is 1.55. The molecule has 1 saturated carbocycles. The van der Waals surface area contributed by atoms with Crippen LogP contribution in [0.5, 0.6) is 5.75 Å². The molecule has 0 heterocycles. The van der Waals surface area contributed by atoms with Crippen molar-refractivity contribution >= 4 is 5.69 Å². The van der Waals surface area contributed by atoms with E-state index in [1.165, 1.54) is 12.0 Å². The lowest BCUT2D eigenvalue weighted by Crippen LogP contribution is -2.01. The SMILES string of the molecule is Nc1cccc(OC[C@H]2C[C@@H]2c2ccccc2)c1. The van der Waals surface area contributed by atoms with Gasteiger partial charge < -0.3 is 10.5 Å². The fraction of sp³-hybridized carbons (Fsp3) is 0.250. The highest BCUT2D eigenvalue weighted by Crippen LogP contribution is 2.47. The van der Waals surface area contributed by atoms with E-state index in [-0.39, 0.29) is 0 Å². The quantitative estimate of drug-likeness (QED) is 0.829. The van der Waals surface area contributed by atoms with Gasteiger partial charge >= 0.3 is 0 Å². The molecule has 3 rings (SSSR count). The van der Waals surface area contributed by atoms with Gasteiger partial charge in [0.2, 0.25) is 0 Å². The van der Waals surface area contributed by atoms with Crippen LogP contribution in [0.3, 0.4) is 0 Å². The number of ether oxygens (including phenoxy) is 1. The largest absolute Gasteiger partial charge is 0.493 e. The van der Waals surface area contributed by atoms with Crippen molar-refractivity contribution in [2.24, 2.45) is 5.92 Å². The summed E-state index contributed by atoms with van der Waals surface area (Å²) in [4.78, 5) is 0. The summed E-state index contributed by atoms with van der Waals surface area (Å²) >= 11 is 0. The zero-order valence-electron chi connectivity index (χ0n) is 10.3. The van der Waals surface area contributed by atoms with Crippen LogP contribution >= 0.6 is 0 Å². The Morgan fingerprint density at radius 1 is 1.06 bits per heavy atom. The molecule has 2 heteroatoms. The van der Waals surface area contributed by atoms with Gasteiger partial charge in [-0.3, -0.25) is 0 Å². The minimum Gasteiger partial charge on any atom is -0.493 e. The van der Waals surface area contributed by atoms with Gasteiger partial charge in [-0.1, -0.05) is 36.4 Å². The second-order valence-electron chi connectivity index (χ2n) is 4.90. The van der Waals surface area contributed by atoms with Gasteiger partial charge in [0.05, 0.1) is 6.61 Å². The number of nitrogen functional groups attached to an aromatic ring is 1. The molecule has 2 nitrogen and oxygen atoms in total. The predicted octanol–water partition coefficient (Wildman–Crippen LogP) is 3.45.